The van der Waals surface area contributed by atoms with Crippen molar-refractivity contribution in [1.29, 1.82) is 0 Å². The van der Waals surface area contributed by atoms with Crippen molar-refractivity contribution in [3.63, 3.8) is 0 Å². The first-order valence-electron chi connectivity index (χ1n) is 6.12. The number of rotatable bonds is 1. The largest absolute Gasteiger partial charge is 0.416 e. The summed E-state index contributed by atoms with van der Waals surface area (Å²) in [4.78, 5) is 16.0. The number of hydrogen-bond acceptors (Lipinski definition) is 3. The Hall–Kier alpha value is -2.34. The molecule has 3 nitrogen and oxygen atoms in total. The maximum absolute atomic E-state index is 12.7. The summed E-state index contributed by atoms with van der Waals surface area (Å²) in [7, 11) is 0. The molecule has 2 aromatic carbocycles. The lowest BCUT2D eigenvalue weighted by Gasteiger charge is -2.08. The van der Waals surface area contributed by atoms with Gasteiger partial charge in [-0.15, -0.1) is 0 Å². The van der Waals surface area contributed by atoms with E-state index in [1.54, 1.807) is 0 Å². The van der Waals surface area contributed by atoms with Gasteiger partial charge < -0.3 is 4.42 Å². The molecule has 0 N–H and O–H groups in total. The van der Waals surface area contributed by atoms with E-state index >= 15 is 0 Å². The first-order chi connectivity index (χ1) is 10.3. The number of aromatic nitrogens is 1. The molecule has 0 aliphatic carbocycles. The molecule has 0 radical (unpaired) electrons. The van der Waals surface area contributed by atoms with Crippen LogP contribution in [-0.4, -0.2) is 4.98 Å². The van der Waals surface area contributed by atoms with Gasteiger partial charge in [-0.2, -0.15) is 13.2 Å². The molecule has 0 aliphatic rings. The molecule has 3 rings (SSSR count). The first kappa shape index (κ1) is 14.6. The molecule has 0 fully saturated rings. The number of hydrogen-bond donors (Lipinski definition) is 0. The predicted octanol–water partition coefficient (Wildman–Crippen LogP) is 4.53. The van der Waals surface area contributed by atoms with Crippen LogP contribution in [-0.2, 0) is 6.18 Å². The molecule has 0 saturated carbocycles. The molecule has 22 heavy (non-hydrogen) atoms. The van der Waals surface area contributed by atoms with Crippen molar-refractivity contribution >= 4 is 22.5 Å². The Morgan fingerprint density at radius 3 is 2.59 bits per heavy atom. The van der Waals surface area contributed by atoms with Crippen molar-refractivity contribution < 1.29 is 17.6 Å². The number of nitrogens with zero attached hydrogens (tertiary/aromatic N) is 1. The van der Waals surface area contributed by atoms with E-state index in [9.17, 15) is 18.0 Å². The van der Waals surface area contributed by atoms with Crippen LogP contribution in [0.1, 0.15) is 5.56 Å². The van der Waals surface area contributed by atoms with E-state index < -0.39 is 17.4 Å². The van der Waals surface area contributed by atoms with Crippen molar-refractivity contribution in [2.45, 2.75) is 6.18 Å². The van der Waals surface area contributed by atoms with Gasteiger partial charge >= 0.3 is 11.8 Å². The second-order valence-corrected chi connectivity index (χ2v) is 4.98. The average molecular weight is 326 g/mol. The van der Waals surface area contributed by atoms with E-state index in [4.69, 9.17) is 16.0 Å². The molecule has 3 aromatic rings. The maximum atomic E-state index is 12.7. The fourth-order valence-electron chi connectivity index (χ4n) is 2.00. The van der Waals surface area contributed by atoms with Crippen LogP contribution in [0.2, 0.25) is 5.02 Å². The van der Waals surface area contributed by atoms with Gasteiger partial charge in [0.25, 0.3) is 0 Å². The zero-order chi connectivity index (χ0) is 15.9. The summed E-state index contributed by atoms with van der Waals surface area (Å²) in [5.41, 5.74) is -1.21. The van der Waals surface area contributed by atoms with Crippen LogP contribution in [0.4, 0.5) is 13.2 Å². The Balaban J connectivity index is 2.20. The van der Waals surface area contributed by atoms with E-state index in [1.807, 2.05) is 0 Å². The fraction of sp³-hybridized carbons (Fsp3) is 0.0667. The molecule has 0 spiro atoms. The van der Waals surface area contributed by atoms with Crippen molar-refractivity contribution in [1.82, 2.24) is 4.98 Å². The summed E-state index contributed by atoms with van der Waals surface area (Å²) in [5, 5.41) is 0.570. The van der Waals surface area contributed by atoms with E-state index in [-0.39, 0.29) is 22.4 Å². The van der Waals surface area contributed by atoms with Gasteiger partial charge in [-0.25, -0.2) is 9.78 Å². The molecule has 112 valence electrons. The van der Waals surface area contributed by atoms with Gasteiger partial charge in [-0.05, 0) is 36.4 Å². The molecule has 1 heterocycles. The molecule has 0 bridgehead atoms. The first-order valence-corrected chi connectivity index (χ1v) is 6.50. The molecule has 0 unspecified atom stereocenters. The van der Waals surface area contributed by atoms with Crippen LogP contribution < -0.4 is 5.63 Å². The van der Waals surface area contributed by atoms with Crippen LogP contribution in [0, 0.1) is 0 Å². The van der Waals surface area contributed by atoms with Crippen LogP contribution >= 0.6 is 11.6 Å². The Labute approximate surface area is 127 Å². The third-order valence-electron chi connectivity index (χ3n) is 3.03. The Morgan fingerprint density at radius 1 is 1.09 bits per heavy atom. The van der Waals surface area contributed by atoms with Gasteiger partial charge in [0.15, 0.2) is 0 Å². The number of alkyl halides is 3. The zero-order valence-electron chi connectivity index (χ0n) is 10.8. The lowest BCUT2D eigenvalue weighted by atomic mass is 10.1. The third kappa shape index (κ3) is 2.69. The highest BCUT2D eigenvalue weighted by Crippen LogP contribution is 2.31. The average Bonchev–Trinajstić information content (AvgIpc) is 2.46. The molecule has 0 amide bonds. The standard InChI is InChI=1S/C15H7ClF3NO2/c16-10-4-5-11-12(7-10)20-13(22-14(11)21)8-2-1-3-9(6-8)15(17,18)19/h1-7H. The van der Waals surface area contributed by atoms with E-state index in [2.05, 4.69) is 4.98 Å². The highest BCUT2D eigenvalue weighted by atomic mass is 35.5. The predicted molar refractivity (Wildman–Crippen MR) is 75.7 cm³/mol. The molecule has 0 atom stereocenters. The normalized spacial score (nSPS) is 11.8. The zero-order valence-corrected chi connectivity index (χ0v) is 11.6. The lowest BCUT2D eigenvalue weighted by molar-refractivity contribution is -0.137. The highest BCUT2D eigenvalue weighted by Gasteiger charge is 2.30. The minimum Gasteiger partial charge on any atom is -0.403 e. The summed E-state index contributed by atoms with van der Waals surface area (Å²) in [6.07, 6.45) is -4.49. The van der Waals surface area contributed by atoms with Gasteiger partial charge in [0, 0.05) is 10.6 Å². The summed E-state index contributed by atoms with van der Waals surface area (Å²) >= 11 is 5.83. The van der Waals surface area contributed by atoms with Gasteiger partial charge in [-0.3, -0.25) is 0 Å². The summed E-state index contributed by atoms with van der Waals surface area (Å²) in [6, 6.07) is 8.82. The number of halogens is 4. The van der Waals surface area contributed by atoms with Crippen LogP contribution in [0.25, 0.3) is 22.4 Å². The maximum Gasteiger partial charge on any atom is 0.416 e. The molecule has 1 aromatic heterocycles. The monoisotopic (exact) mass is 325 g/mol. The molecular formula is C15H7ClF3NO2. The quantitative estimate of drug-likeness (QED) is 0.660. The second-order valence-electron chi connectivity index (χ2n) is 4.55. The summed E-state index contributed by atoms with van der Waals surface area (Å²) < 4.78 is 43.2. The minimum absolute atomic E-state index is 0.0637. The van der Waals surface area contributed by atoms with Gasteiger partial charge in [0.1, 0.15) is 0 Å². The molecular weight excluding hydrogens is 319 g/mol. The molecule has 0 saturated heterocycles. The van der Waals surface area contributed by atoms with Crippen molar-refractivity contribution in [2.75, 3.05) is 0 Å². The van der Waals surface area contributed by atoms with Crippen LogP contribution in [0.5, 0.6) is 0 Å². The Morgan fingerprint density at radius 2 is 1.86 bits per heavy atom. The lowest BCUT2D eigenvalue weighted by Crippen LogP contribution is -2.06. The molecule has 0 aliphatic heterocycles. The fourth-order valence-corrected chi connectivity index (χ4v) is 2.16. The van der Waals surface area contributed by atoms with Crippen molar-refractivity contribution in [3.05, 3.63) is 63.5 Å². The number of benzene rings is 2. The number of fused-ring (bicyclic) bond motifs is 1. The van der Waals surface area contributed by atoms with Crippen LogP contribution in [0.15, 0.2) is 51.7 Å². The smallest absolute Gasteiger partial charge is 0.403 e. The summed E-state index contributed by atoms with van der Waals surface area (Å²) in [5.74, 6) is -0.189. The Bertz CT molecular complexity index is 919. The van der Waals surface area contributed by atoms with Gasteiger partial charge in [0.05, 0.1) is 16.5 Å². The topological polar surface area (TPSA) is 43.1 Å². The summed E-state index contributed by atoms with van der Waals surface area (Å²) in [6.45, 7) is 0. The van der Waals surface area contributed by atoms with Crippen molar-refractivity contribution in [2.24, 2.45) is 0 Å². The minimum atomic E-state index is -4.49. The highest BCUT2D eigenvalue weighted by molar-refractivity contribution is 6.31. The second kappa shape index (κ2) is 5.14. The van der Waals surface area contributed by atoms with E-state index in [0.29, 0.717) is 5.02 Å². The van der Waals surface area contributed by atoms with Crippen LogP contribution in [0.3, 0.4) is 0 Å². The van der Waals surface area contributed by atoms with E-state index in [1.165, 1.54) is 30.3 Å². The van der Waals surface area contributed by atoms with Crippen molar-refractivity contribution in [3.8, 4) is 11.5 Å². The Kier molecular flexibility index (Phi) is 3.41. The SMILES string of the molecule is O=c1oc(-c2cccc(C(F)(F)F)c2)nc2cc(Cl)ccc12. The third-order valence-corrected chi connectivity index (χ3v) is 3.26. The molecule has 7 heteroatoms. The van der Waals surface area contributed by atoms with E-state index in [0.717, 1.165) is 12.1 Å². The van der Waals surface area contributed by atoms with Gasteiger partial charge in [0.2, 0.25) is 5.89 Å². The van der Waals surface area contributed by atoms with Gasteiger partial charge in [-0.1, -0.05) is 17.7 Å².